The lowest BCUT2D eigenvalue weighted by molar-refractivity contribution is 0.243. The minimum absolute atomic E-state index is 0.675. The zero-order valence-electron chi connectivity index (χ0n) is 10.8. The first-order chi connectivity index (χ1) is 7.13. The topological polar surface area (TPSA) is 18.5 Å². The van der Waals surface area contributed by atoms with Gasteiger partial charge in [0.05, 0.1) is 0 Å². The molecule has 1 saturated heterocycles. The number of rotatable bonds is 6. The summed E-state index contributed by atoms with van der Waals surface area (Å²) in [5.74, 6) is 0. The first kappa shape index (κ1) is 12.9. The second-order valence-corrected chi connectivity index (χ2v) is 5.00. The van der Waals surface area contributed by atoms with Gasteiger partial charge in [0.15, 0.2) is 0 Å². The number of likely N-dealkylation sites (tertiary alicyclic amines) is 1. The maximum Gasteiger partial charge on any atom is 0.0204 e. The molecule has 0 aromatic heterocycles. The summed E-state index contributed by atoms with van der Waals surface area (Å²) in [6.07, 6.45) is 2.61. The Labute approximate surface area is 94.8 Å². The number of hydrogen-bond donors (Lipinski definition) is 1. The molecule has 3 nitrogen and oxygen atoms in total. The highest BCUT2D eigenvalue weighted by atomic mass is 15.2. The van der Waals surface area contributed by atoms with Gasteiger partial charge in [-0.1, -0.05) is 0 Å². The molecule has 1 rings (SSSR count). The smallest absolute Gasteiger partial charge is 0.0204 e. The van der Waals surface area contributed by atoms with Crippen molar-refractivity contribution in [3.8, 4) is 0 Å². The molecule has 1 atom stereocenters. The Balaban J connectivity index is 2.06. The number of nitrogens with zero attached hydrogens (tertiary/aromatic N) is 2. The van der Waals surface area contributed by atoms with Gasteiger partial charge < -0.3 is 15.1 Å². The standard InChI is InChI=1S/C12H27N3/c1-11(2)14(4)7-5-8-15-9-6-12(10-15)13-3/h11-13H,5-10H2,1-4H3. The molecule has 0 saturated carbocycles. The summed E-state index contributed by atoms with van der Waals surface area (Å²) in [5, 5.41) is 3.36. The molecule has 1 heterocycles. The zero-order chi connectivity index (χ0) is 11.3. The van der Waals surface area contributed by atoms with Gasteiger partial charge in [-0.15, -0.1) is 0 Å². The molecule has 3 heteroatoms. The van der Waals surface area contributed by atoms with E-state index in [4.69, 9.17) is 0 Å². The summed E-state index contributed by atoms with van der Waals surface area (Å²) in [5.41, 5.74) is 0. The Kier molecular flexibility index (Phi) is 5.58. The maximum atomic E-state index is 3.36. The molecule has 1 N–H and O–H groups in total. The fourth-order valence-electron chi connectivity index (χ4n) is 2.07. The van der Waals surface area contributed by atoms with Crippen LogP contribution in [-0.4, -0.2) is 62.2 Å². The molecule has 90 valence electrons. The molecule has 0 aromatic carbocycles. The zero-order valence-corrected chi connectivity index (χ0v) is 10.8. The van der Waals surface area contributed by atoms with Gasteiger partial charge in [0, 0.05) is 18.6 Å². The summed E-state index contributed by atoms with van der Waals surface area (Å²) < 4.78 is 0. The molecule has 1 aliphatic heterocycles. The summed E-state index contributed by atoms with van der Waals surface area (Å²) >= 11 is 0. The van der Waals surface area contributed by atoms with Gasteiger partial charge >= 0.3 is 0 Å². The SMILES string of the molecule is CNC1CCN(CCCN(C)C(C)C)C1. The van der Waals surface area contributed by atoms with Crippen LogP contribution in [0.1, 0.15) is 26.7 Å². The van der Waals surface area contributed by atoms with Crippen LogP contribution in [0.15, 0.2) is 0 Å². The van der Waals surface area contributed by atoms with Gasteiger partial charge in [-0.25, -0.2) is 0 Å². The first-order valence-electron chi connectivity index (χ1n) is 6.23. The molecule has 0 amide bonds. The van der Waals surface area contributed by atoms with Crippen LogP contribution in [0.5, 0.6) is 0 Å². The van der Waals surface area contributed by atoms with E-state index in [1.807, 2.05) is 0 Å². The van der Waals surface area contributed by atoms with Crippen molar-refractivity contribution < 1.29 is 0 Å². The van der Waals surface area contributed by atoms with Gasteiger partial charge in [0.1, 0.15) is 0 Å². The Morgan fingerprint density at radius 3 is 2.73 bits per heavy atom. The Bertz CT molecular complexity index is 170. The lowest BCUT2D eigenvalue weighted by Crippen LogP contribution is -2.32. The average molecular weight is 213 g/mol. The normalized spacial score (nSPS) is 23.2. The molecule has 0 radical (unpaired) electrons. The van der Waals surface area contributed by atoms with Crippen molar-refractivity contribution in [3.05, 3.63) is 0 Å². The first-order valence-corrected chi connectivity index (χ1v) is 6.23. The van der Waals surface area contributed by atoms with Gasteiger partial charge in [-0.2, -0.15) is 0 Å². The highest BCUT2D eigenvalue weighted by molar-refractivity contribution is 4.79. The third-order valence-corrected chi connectivity index (χ3v) is 3.55. The number of likely N-dealkylation sites (N-methyl/N-ethyl adjacent to an activating group) is 1. The van der Waals surface area contributed by atoms with Crippen LogP contribution in [0, 0.1) is 0 Å². The van der Waals surface area contributed by atoms with E-state index in [0.29, 0.717) is 6.04 Å². The molecular formula is C12H27N3. The van der Waals surface area contributed by atoms with E-state index in [1.54, 1.807) is 0 Å². The third kappa shape index (κ3) is 4.49. The summed E-state index contributed by atoms with van der Waals surface area (Å²) in [6, 6.07) is 1.40. The Morgan fingerprint density at radius 2 is 2.20 bits per heavy atom. The minimum Gasteiger partial charge on any atom is -0.316 e. The molecule has 15 heavy (non-hydrogen) atoms. The van der Waals surface area contributed by atoms with Crippen LogP contribution in [0.3, 0.4) is 0 Å². The fourth-order valence-corrected chi connectivity index (χ4v) is 2.07. The van der Waals surface area contributed by atoms with Gasteiger partial charge in [0.2, 0.25) is 0 Å². The number of nitrogens with one attached hydrogen (secondary N) is 1. The highest BCUT2D eigenvalue weighted by Crippen LogP contribution is 2.09. The molecule has 1 unspecified atom stereocenters. The summed E-state index contributed by atoms with van der Waals surface area (Å²) in [4.78, 5) is 5.00. The largest absolute Gasteiger partial charge is 0.316 e. The van der Waals surface area contributed by atoms with E-state index in [1.165, 1.54) is 39.0 Å². The lowest BCUT2D eigenvalue weighted by Gasteiger charge is -2.22. The Hall–Kier alpha value is -0.120. The van der Waals surface area contributed by atoms with Crippen molar-refractivity contribution in [1.29, 1.82) is 0 Å². The van der Waals surface area contributed by atoms with Crippen molar-refractivity contribution in [2.45, 2.75) is 38.8 Å². The van der Waals surface area contributed by atoms with Crippen molar-refractivity contribution in [3.63, 3.8) is 0 Å². The van der Waals surface area contributed by atoms with E-state index in [-0.39, 0.29) is 0 Å². The van der Waals surface area contributed by atoms with E-state index in [2.05, 4.69) is 43.1 Å². The molecule has 1 aliphatic rings. The van der Waals surface area contributed by atoms with E-state index < -0.39 is 0 Å². The summed E-state index contributed by atoms with van der Waals surface area (Å²) in [7, 11) is 4.28. The monoisotopic (exact) mass is 213 g/mol. The lowest BCUT2D eigenvalue weighted by atomic mass is 10.3. The van der Waals surface area contributed by atoms with E-state index in [9.17, 15) is 0 Å². The minimum atomic E-state index is 0.675. The molecule has 0 spiro atoms. The van der Waals surface area contributed by atoms with Gasteiger partial charge in [-0.05, 0) is 60.4 Å². The van der Waals surface area contributed by atoms with Gasteiger partial charge in [0.25, 0.3) is 0 Å². The summed E-state index contributed by atoms with van der Waals surface area (Å²) in [6.45, 7) is 9.51. The molecule has 0 aliphatic carbocycles. The van der Waals surface area contributed by atoms with E-state index >= 15 is 0 Å². The predicted octanol–water partition coefficient (Wildman–Crippen LogP) is 1.01. The molecule has 1 fully saturated rings. The maximum absolute atomic E-state index is 3.36. The van der Waals surface area contributed by atoms with Crippen molar-refractivity contribution >= 4 is 0 Å². The van der Waals surface area contributed by atoms with Crippen LogP contribution >= 0.6 is 0 Å². The third-order valence-electron chi connectivity index (χ3n) is 3.55. The molecule has 0 bridgehead atoms. The van der Waals surface area contributed by atoms with Gasteiger partial charge in [-0.3, -0.25) is 0 Å². The molecular weight excluding hydrogens is 186 g/mol. The Morgan fingerprint density at radius 1 is 1.47 bits per heavy atom. The van der Waals surface area contributed by atoms with E-state index in [0.717, 1.165) is 6.04 Å². The number of hydrogen-bond acceptors (Lipinski definition) is 3. The predicted molar refractivity (Wildman–Crippen MR) is 66.3 cm³/mol. The second-order valence-electron chi connectivity index (χ2n) is 5.00. The second kappa shape index (κ2) is 6.46. The van der Waals surface area contributed by atoms with Crippen LogP contribution in [-0.2, 0) is 0 Å². The van der Waals surface area contributed by atoms with Crippen molar-refractivity contribution in [1.82, 2.24) is 15.1 Å². The quantitative estimate of drug-likeness (QED) is 0.710. The van der Waals surface area contributed by atoms with Crippen LogP contribution in [0.2, 0.25) is 0 Å². The fraction of sp³-hybridized carbons (Fsp3) is 1.00. The van der Waals surface area contributed by atoms with Crippen molar-refractivity contribution in [2.24, 2.45) is 0 Å². The molecule has 0 aromatic rings. The average Bonchev–Trinajstić information content (AvgIpc) is 2.65. The van der Waals surface area contributed by atoms with Crippen LogP contribution < -0.4 is 5.32 Å². The van der Waals surface area contributed by atoms with Crippen molar-refractivity contribution in [2.75, 3.05) is 40.3 Å². The highest BCUT2D eigenvalue weighted by Gasteiger charge is 2.20. The van der Waals surface area contributed by atoms with Crippen LogP contribution in [0.4, 0.5) is 0 Å². The van der Waals surface area contributed by atoms with Crippen LogP contribution in [0.25, 0.3) is 0 Å².